The Kier molecular flexibility index (Phi) is 5.26. The zero-order chi connectivity index (χ0) is 15.6. The number of thiazole rings is 1. The smallest absolute Gasteiger partial charge is 0.259 e. The van der Waals surface area contributed by atoms with Gasteiger partial charge < -0.3 is 5.11 Å². The molecule has 6 nitrogen and oxygen atoms in total. The third-order valence-corrected chi connectivity index (χ3v) is 6.09. The molecule has 0 radical (unpaired) electrons. The maximum Gasteiger partial charge on any atom is 0.259 e. The maximum absolute atomic E-state index is 12.4. The van der Waals surface area contributed by atoms with Crippen LogP contribution in [0.15, 0.2) is 16.6 Å². The molecule has 1 atom stereocenters. The SMILES string of the molecule is CCC(CC)C(O)CNS(=O)(=O)c1c(Cl)nc2sccn12. The average molecular weight is 352 g/mol. The lowest BCUT2D eigenvalue weighted by molar-refractivity contribution is 0.107. The van der Waals surface area contributed by atoms with Gasteiger partial charge in [-0.25, -0.2) is 18.1 Å². The van der Waals surface area contributed by atoms with Gasteiger partial charge in [0.05, 0.1) is 6.10 Å². The van der Waals surface area contributed by atoms with E-state index in [1.165, 1.54) is 15.7 Å². The van der Waals surface area contributed by atoms with Crippen molar-refractivity contribution in [1.82, 2.24) is 14.1 Å². The molecule has 9 heteroatoms. The number of nitrogens with zero attached hydrogens (tertiary/aromatic N) is 2. The van der Waals surface area contributed by atoms with Gasteiger partial charge in [0.15, 0.2) is 15.1 Å². The molecular weight excluding hydrogens is 334 g/mol. The fraction of sp³-hybridized carbons (Fsp3) is 0.583. The van der Waals surface area contributed by atoms with Gasteiger partial charge in [-0.1, -0.05) is 38.3 Å². The molecule has 0 saturated carbocycles. The standard InChI is InChI=1S/C12H18ClN3O3S2/c1-3-8(4-2)9(17)7-14-21(18,19)11-10(13)15-12-16(11)5-6-20-12/h5-6,8-9,14,17H,3-4,7H2,1-2H3. The average Bonchev–Trinajstić information content (AvgIpc) is 2.97. The minimum Gasteiger partial charge on any atom is -0.391 e. The summed E-state index contributed by atoms with van der Waals surface area (Å²) in [5.41, 5.74) is 0. The molecule has 2 rings (SSSR count). The molecule has 0 aromatic carbocycles. The Morgan fingerprint density at radius 1 is 1.48 bits per heavy atom. The fourth-order valence-corrected chi connectivity index (χ4v) is 4.74. The van der Waals surface area contributed by atoms with Gasteiger partial charge in [-0.05, 0) is 5.92 Å². The van der Waals surface area contributed by atoms with Crippen LogP contribution in [0.3, 0.4) is 0 Å². The van der Waals surface area contributed by atoms with Crippen molar-refractivity contribution in [3.8, 4) is 0 Å². The fourth-order valence-electron chi connectivity index (χ4n) is 2.24. The summed E-state index contributed by atoms with van der Waals surface area (Å²) in [6.07, 6.45) is 2.47. The second-order valence-corrected chi connectivity index (χ2v) is 7.67. The molecule has 21 heavy (non-hydrogen) atoms. The highest BCUT2D eigenvalue weighted by molar-refractivity contribution is 7.89. The van der Waals surface area contributed by atoms with Crippen LogP contribution >= 0.6 is 22.9 Å². The molecule has 2 aromatic heterocycles. The maximum atomic E-state index is 12.4. The van der Waals surface area contributed by atoms with Crippen LogP contribution in [-0.2, 0) is 10.0 Å². The number of hydrogen-bond donors (Lipinski definition) is 2. The van der Waals surface area contributed by atoms with Crippen LogP contribution in [0.4, 0.5) is 0 Å². The Morgan fingerprint density at radius 2 is 2.14 bits per heavy atom. The monoisotopic (exact) mass is 351 g/mol. The van der Waals surface area contributed by atoms with Gasteiger partial charge in [0.2, 0.25) is 0 Å². The lowest BCUT2D eigenvalue weighted by Crippen LogP contribution is -2.36. The van der Waals surface area contributed by atoms with E-state index in [9.17, 15) is 13.5 Å². The number of halogens is 1. The Balaban J connectivity index is 2.19. The number of imidazole rings is 1. The van der Waals surface area contributed by atoms with Gasteiger partial charge in [0.1, 0.15) is 0 Å². The molecule has 0 bridgehead atoms. The molecule has 0 amide bonds. The Labute approximate surface area is 132 Å². The molecule has 0 spiro atoms. The number of rotatable bonds is 7. The van der Waals surface area contributed by atoms with Gasteiger partial charge >= 0.3 is 0 Å². The van der Waals surface area contributed by atoms with E-state index in [0.29, 0.717) is 4.96 Å². The zero-order valence-electron chi connectivity index (χ0n) is 11.8. The Hall–Kier alpha value is -0.670. The van der Waals surface area contributed by atoms with Crippen molar-refractivity contribution in [2.75, 3.05) is 6.54 Å². The quantitative estimate of drug-likeness (QED) is 0.800. The third kappa shape index (κ3) is 3.40. The lowest BCUT2D eigenvalue weighted by atomic mass is 9.97. The van der Waals surface area contributed by atoms with E-state index in [-0.39, 0.29) is 22.6 Å². The molecule has 0 saturated heterocycles. The first-order chi connectivity index (χ1) is 9.90. The van der Waals surface area contributed by atoms with Gasteiger partial charge in [-0.3, -0.25) is 4.40 Å². The normalized spacial score (nSPS) is 14.1. The van der Waals surface area contributed by atoms with Crippen molar-refractivity contribution in [2.45, 2.75) is 37.8 Å². The number of sulfonamides is 1. The Bertz CT molecular complexity index is 706. The molecule has 0 aliphatic rings. The highest BCUT2D eigenvalue weighted by atomic mass is 35.5. The second-order valence-electron chi connectivity index (χ2n) is 4.76. The van der Waals surface area contributed by atoms with E-state index in [1.807, 2.05) is 13.8 Å². The van der Waals surface area contributed by atoms with E-state index in [1.54, 1.807) is 11.6 Å². The summed E-state index contributed by atoms with van der Waals surface area (Å²) in [6.45, 7) is 3.89. The van der Waals surface area contributed by atoms with Crippen LogP contribution in [0, 0.1) is 5.92 Å². The largest absolute Gasteiger partial charge is 0.391 e. The van der Waals surface area contributed by atoms with Crippen LogP contribution in [0.1, 0.15) is 26.7 Å². The van der Waals surface area contributed by atoms with Crippen molar-refractivity contribution >= 4 is 37.9 Å². The highest BCUT2D eigenvalue weighted by Gasteiger charge is 2.26. The van der Waals surface area contributed by atoms with Gasteiger partial charge in [0.25, 0.3) is 10.0 Å². The predicted molar refractivity (Wildman–Crippen MR) is 83.3 cm³/mol. The number of aliphatic hydroxyl groups excluding tert-OH is 1. The van der Waals surface area contributed by atoms with E-state index < -0.39 is 16.1 Å². The lowest BCUT2D eigenvalue weighted by Gasteiger charge is -2.20. The van der Waals surface area contributed by atoms with Crippen LogP contribution in [-0.4, -0.2) is 35.6 Å². The number of aliphatic hydroxyl groups is 1. The zero-order valence-corrected chi connectivity index (χ0v) is 14.2. The summed E-state index contributed by atoms with van der Waals surface area (Å²) in [5.74, 6) is 0.0646. The first kappa shape index (κ1) is 16.7. The van der Waals surface area contributed by atoms with Crippen LogP contribution in [0.5, 0.6) is 0 Å². The highest BCUT2D eigenvalue weighted by Crippen LogP contribution is 2.25. The summed E-state index contributed by atoms with van der Waals surface area (Å²) in [4.78, 5) is 4.51. The minimum absolute atomic E-state index is 0.0393. The number of nitrogens with one attached hydrogen (secondary N) is 1. The Morgan fingerprint density at radius 3 is 2.76 bits per heavy atom. The van der Waals surface area contributed by atoms with Crippen molar-refractivity contribution in [1.29, 1.82) is 0 Å². The number of aromatic nitrogens is 2. The molecule has 2 heterocycles. The van der Waals surface area contributed by atoms with Crippen LogP contribution in [0.2, 0.25) is 5.15 Å². The summed E-state index contributed by atoms with van der Waals surface area (Å²) < 4.78 is 28.6. The molecule has 0 fully saturated rings. The molecule has 0 aliphatic carbocycles. The number of hydrogen-bond acceptors (Lipinski definition) is 5. The summed E-state index contributed by atoms with van der Waals surface area (Å²) in [7, 11) is -3.82. The summed E-state index contributed by atoms with van der Waals surface area (Å²) in [6, 6.07) is 0. The van der Waals surface area contributed by atoms with E-state index in [0.717, 1.165) is 12.8 Å². The molecule has 2 aromatic rings. The molecule has 1 unspecified atom stereocenters. The first-order valence-corrected chi connectivity index (χ1v) is 9.43. The van der Waals surface area contributed by atoms with E-state index in [4.69, 9.17) is 11.6 Å². The van der Waals surface area contributed by atoms with E-state index in [2.05, 4.69) is 9.71 Å². The van der Waals surface area contributed by atoms with Crippen molar-refractivity contribution in [3.63, 3.8) is 0 Å². The summed E-state index contributed by atoms with van der Waals surface area (Å²) in [5, 5.41) is 11.6. The van der Waals surface area contributed by atoms with Crippen molar-refractivity contribution in [3.05, 3.63) is 16.7 Å². The third-order valence-electron chi connectivity index (χ3n) is 3.51. The number of fused-ring (bicyclic) bond motifs is 1. The first-order valence-electron chi connectivity index (χ1n) is 6.69. The van der Waals surface area contributed by atoms with Gasteiger partial charge in [-0.2, -0.15) is 0 Å². The topological polar surface area (TPSA) is 83.7 Å². The second kappa shape index (κ2) is 6.62. The predicted octanol–water partition coefficient (Wildman–Crippen LogP) is 2.12. The van der Waals surface area contributed by atoms with E-state index >= 15 is 0 Å². The summed E-state index contributed by atoms with van der Waals surface area (Å²) >= 11 is 7.22. The van der Waals surface area contributed by atoms with Crippen LogP contribution < -0.4 is 4.72 Å². The van der Waals surface area contributed by atoms with Gasteiger partial charge in [-0.15, -0.1) is 11.3 Å². The van der Waals surface area contributed by atoms with Crippen molar-refractivity contribution < 1.29 is 13.5 Å². The molecule has 2 N–H and O–H groups in total. The minimum atomic E-state index is -3.82. The van der Waals surface area contributed by atoms with Gasteiger partial charge in [0, 0.05) is 18.1 Å². The molecule has 118 valence electrons. The molecular formula is C12H18ClN3O3S2. The van der Waals surface area contributed by atoms with Crippen LogP contribution in [0.25, 0.3) is 4.96 Å². The van der Waals surface area contributed by atoms with Crippen molar-refractivity contribution in [2.24, 2.45) is 5.92 Å². The molecule has 0 aliphatic heterocycles.